The minimum Gasteiger partial charge on any atom is -0.370 e. The summed E-state index contributed by atoms with van der Waals surface area (Å²) in [5.74, 6) is 0.881. The van der Waals surface area contributed by atoms with Gasteiger partial charge in [-0.05, 0) is 37.6 Å². The molecule has 1 aromatic carbocycles. The molecular formula is C17H19N5O. The highest BCUT2D eigenvalue weighted by molar-refractivity contribution is 6.03. The average molecular weight is 309 g/mol. The molecule has 1 aromatic heterocycles. The summed E-state index contributed by atoms with van der Waals surface area (Å²) in [5, 5.41) is 14.7. The minimum absolute atomic E-state index is 0.306. The standard InChI is InChI=1S/C17H19N5O/c1-3-4-9-19-16-10-15(20-12(2)21-16)17(23)22-14-7-5-13(11-18)6-8-14/h5-8,10H,3-4,9H2,1-2H3,(H,22,23)(H,19,20,21). The molecule has 0 fully saturated rings. The molecule has 0 unspecified atom stereocenters. The van der Waals surface area contributed by atoms with Crippen molar-refractivity contribution in [3.05, 3.63) is 47.4 Å². The Morgan fingerprint density at radius 2 is 2.00 bits per heavy atom. The number of nitrogens with one attached hydrogen (secondary N) is 2. The monoisotopic (exact) mass is 309 g/mol. The molecule has 1 heterocycles. The number of nitriles is 1. The maximum absolute atomic E-state index is 12.3. The van der Waals surface area contributed by atoms with Crippen molar-refractivity contribution in [1.29, 1.82) is 5.26 Å². The zero-order chi connectivity index (χ0) is 16.7. The highest BCUT2D eigenvalue weighted by atomic mass is 16.1. The van der Waals surface area contributed by atoms with E-state index in [4.69, 9.17) is 5.26 Å². The Kier molecular flexibility index (Phi) is 5.64. The van der Waals surface area contributed by atoms with Crippen LogP contribution in [0.15, 0.2) is 30.3 Å². The number of hydrogen-bond acceptors (Lipinski definition) is 5. The molecule has 118 valence electrons. The molecule has 0 spiro atoms. The van der Waals surface area contributed by atoms with E-state index in [1.54, 1.807) is 37.3 Å². The SMILES string of the molecule is CCCCNc1cc(C(=O)Nc2ccc(C#N)cc2)nc(C)n1. The van der Waals surface area contributed by atoms with Crippen LogP contribution in [0, 0.1) is 18.3 Å². The summed E-state index contributed by atoms with van der Waals surface area (Å²) in [6.45, 7) is 4.68. The van der Waals surface area contributed by atoms with E-state index in [-0.39, 0.29) is 5.91 Å². The number of carbonyl (C=O) groups is 1. The second-order valence-corrected chi connectivity index (χ2v) is 5.11. The molecular weight excluding hydrogens is 290 g/mol. The van der Waals surface area contributed by atoms with Gasteiger partial charge in [0.05, 0.1) is 11.6 Å². The number of carbonyl (C=O) groups excluding carboxylic acids is 1. The number of benzene rings is 1. The van der Waals surface area contributed by atoms with E-state index in [1.165, 1.54) is 0 Å². The summed E-state index contributed by atoms with van der Waals surface area (Å²) in [5.41, 5.74) is 1.47. The highest BCUT2D eigenvalue weighted by Crippen LogP contribution is 2.12. The van der Waals surface area contributed by atoms with E-state index in [1.807, 2.05) is 6.07 Å². The van der Waals surface area contributed by atoms with Gasteiger partial charge in [-0.15, -0.1) is 0 Å². The molecule has 6 nitrogen and oxygen atoms in total. The van der Waals surface area contributed by atoms with Gasteiger partial charge < -0.3 is 10.6 Å². The van der Waals surface area contributed by atoms with Crippen molar-refractivity contribution in [2.24, 2.45) is 0 Å². The van der Waals surface area contributed by atoms with E-state index in [0.717, 1.165) is 19.4 Å². The number of anilines is 2. The average Bonchev–Trinajstić information content (AvgIpc) is 2.55. The first-order valence-corrected chi connectivity index (χ1v) is 7.53. The molecule has 23 heavy (non-hydrogen) atoms. The Labute approximate surface area is 135 Å². The van der Waals surface area contributed by atoms with Crippen LogP contribution in [-0.4, -0.2) is 22.4 Å². The lowest BCUT2D eigenvalue weighted by Crippen LogP contribution is -2.16. The number of unbranched alkanes of at least 4 members (excludes halogenated alkanes) is 1. The summed E-state index contributed by atoms with van der Waals surface area (Å²) in [4.78, 5) is 20.8. The van der Waals surface area contributed by atoms with Gasteiger partial charge in [0.2, 0.25) is 0 Å². The first kappa shape index (κ1) is 16.4. The fraction of sp³-hybridized carbons (Fsp3) is 0.294. The number of rotatable bonds is 6. The fourth-order valence-corrected chi connectivity index (χ4v) is 1.99. The second-order valence-electron chi connectivity index (χ2n) is 5.11. The molecule has 0 saturated heterocycles. The molecule has 2 rings (SSSR count). The van der Waals surface area contributed by atoms with Crippen molar-refractivity contribution >= 4 is 17.4 Å². The molecule has 0 aliphatic heterocycles. The summed E-state index contributed by atoms with van der Waals surface area (Å²) in [6.07, 6.45) is 2.12. The number of aromatic nitrogens is 2. The van der Waals surface area contributed by atoms with Crippen LogP contribution in [0.4, 0.5) is 11.5 Å². The highest BCUT2D eigenvalue weighted by Gasteiger charge is 2.11. The van der Waals surface area contributed by atoms with Crippen LogP contribution < -0.4 is 10.6 Å². The third-order valence-corrected chi connectivity index (χ3v) is 3.18. The Balaban J connectivity index is 2.10. The number of hydrogen-bond donors (Lipinski definition) is 2. The van der Waals surface area contributed by atoms with Gasteiger partial charge in [0.25, 0.3) is 5.91 Å². The van der Waals surface area contributed by atoms with Crippen LogP contribution in [0.3, 0.4) is 0 Å². The smallest absolute Gasteiger partial charge is 0.274 e. The van der Waals surface area contributed by atoms with Crippen molar-refractivity contribution in [1.82, 2.24) is 9.97 Å². The van der Waals surface area contributed by atoms with E-state index < -0.39 is 0 Å². The van der Waals surface area contributed by atoms with Crippen LogP contribution in [0.25, 0.3) is 0 Å². The van der Waals surface area contributed by atoms with E-state index >= 15 is 0 Å². The van der Waals surface area contributed by atoms with Crippen molar-refractivity contribution < 1.29 is 4.79 Å². The lowest BCUT2D eigenvalue weighted by molar-refractivity contribution is 0.102. The predicted octanol–water partition coefficient (Wildman–Crippen LogP) is 3.12. The molecule has 1 amide bonds. The second kappa shape index (κ2) is 7.90. The van der Waals surface area contributed by atoms with Gasteiger partial charge in [-0.25, -0.2) is 9.97 Å². The first-order valence-electron chi connectivity index (χ1n) is 7.53. The summed E-state index contributed by atoms with van der Waals surface area (Å²) < 4.78 is 0. The molecule has 0 saturated carbocycles. The third kappa shape index (κ3) is 4.78. The van der Waals surface area contributed by atoms with Crippen molar-refractivity contribution in [2.75, 3.05) is 17.2 Å². The maximum atomic E-state index is 12.3. The van der Waals surface area contributed by atoms with Crippen LogP contribution in [-0.2, 0) is 0 Å². The van der Waals surface area contributed by atoms with Crippen LogP contribution >= 0.6 is 0 Å². The van der Waals surface area contributed by atoms with Gasteiger partial charge in [0.1, 0.15) is 17.3 Å². The Morgan fingerprint density at radius 1 is 1.26 bits per heavy atom. The van der Waals surface area contributed by atoms with E-state index in [0.29, 0.717) is 28.6 Å². The Morgan fingerprint density at radius 3 is 2.65 bits per heavy atom. The molecule has 6 heteroatoms. The molecule has 0 radical (unpaired) electrons. The predicted molar refractivity (Wildman–Crippen MR) is 89.3 cm³/mol. The van der Waals surface area contributed by atoms with Crippen LogP contribution in [0.1, 0.15) is 41.6 Å². The summed E-state index contributed by atoms with van der Waals surface area (Å²) in [7, 11) is 0. The number of aryl methyl sites for hydroxylation is 1. The van der Waals surface area contributed by atoms with Crippen molar-refractivity contribution in [3.8, 4) is 6.07 Å². The topological polar surface area (TPSA) is 90.7 Å². The van der Waals surface area contributed by atoms with Gasteiger partial charge in [0, 0.05) is 18.3 Å². The molecule has 0 bridgehead atoms. The molecule has 2 aromatic rings. The maximum Gasteiger partial charge on any atom is 0.274 e. The molecule has 0 atom stereocenters. The van der Waals surface area contributed by atoms with Gasteiger partial charge in [-0.3, -0.25) is 4.79 Å². The Hall–Kier alpha value is -2.94. The Bertz CT molecular complexity index is 719. The first-order chi connectivity index (χ1) is 11.1. The minimum atomic E-state index is -0.307. The van der Waals surface area contributed by atoms with Gasteiger partial charge in [-0.2, -0.15) is 5.26 Å². The van der Waals surface area contributed by atoms with Crippen LogP contribution in [0.5, 0.6) is 0 Å². The molecule has 0 aliphatic carbocycles. The van der Waals surface area contributed by atoms with Gasteiger partial charge in [-0.1, -0.05) is 13.3 Å². The summed E-state index contributed by atoms with van der Waals surface area (Å²) in [6, 6.07) is 10.4. The largest absolute Gasteiger partial charge is 0.370 e. The molecule has 2 N–H and O–H groups in total. The zero-order valence-electron chi connectivity index (χ0n) is 13.3. The third-order valence-electron chi connectivity index (χ3n) is 3.18. The molecule has 0 aliphatic rings. The zero-order valence-corrected chi connectivity index (χ0v) is 13.3. The van der Waals surface area contributed by atoms with Crippen molar-refractivity contribution in [2.45, 2.75) is 26.7 Å². The van der Waals surface area contributed by atoms with Gasteiger partial charge in [0.15, 0.2) is 0 Å². The normalized spacial score (nSPS) is 9.96. The quantitative estimate of drug-likeness (QED) is 0.800. The van der Waals surface area contributed by atoms with E-state index in [2.05, 4.69) is 27.5 Å². The number of nitrogens with zero attached hydrogens (tertiary/aromatic N) is 3. The van der Waals surface area contributed by atoms with E-state index in [9.17, 15) is 4.79 Å². The lowest BCUT2D eigenvalue weighted by atomic mass is 10.2. The van der Waals surface area contributed by atoms with Crippen LogP contribution in [0.2, 0.25) is 0 Å². The van der Waals surface area contributed by atoms with Gasteiger partial charge >= 0.3 is 0 Å². The fourth-order valence-electron chi connectivity index (χ4n) is 1.99. The number of amides is 1. The van der Waals surface area contributed by atoms with Crippen molar-refractivity contribution in [3.63, 3.8) is 0 Å². The lowest BCUT2D eigenvalue weighted by Gasteiger charge is -2.09. The summed E-state index contributed by atoms with van der Waals surface area (Å²) >= 11 is 0.